The van der Waals surface area contributed by atoms with Gasteiger partial charge in [0.2, 0.25) is 0 Å². The maximum absolute atomic E-state index is 13.3. The van der Waals surface area contributed by atoms with E-state index in [9.17, 15) is 14.9 Å². The molecule has 2 saturated heterocycles. The van der Waals surface area contributed by atoms with Crippen molar-refractivity contribution in [1.29, 1.82) is 0 Å². The predicted octanol–water partition coefficient (Wildman–Crippen LogP) is 4.44. The van der Waals surface area contributed by atoms with Crippen molar-refractivity contribution in [2.75, 3.05) is 37.7 Å². The standard InChI is InChI=1S/C23H26BrN3O4/c24-18-5-3-4-17(14-18)23(8-12-31-13-9-23)16-25-22(28)20-15-19(27(29)30)6-7-21(20)26-10-1-2-11-26/h3-7,14-15H,1-2,8-13,16H2,(H,25,28). The number of carbonyl (C=O) groups is 1. The molecule has 2 aliphatic heterocycles. The summed E-state index contributed by atoms with van der Waals surface area (Å²) in [5.74, 6) is -0.272. The SMILES string of the molecule is O=C(NCC1(c2cccc(Br)c2)CCOCC1)c1cc([N+](=O)[O-])ccc1N1CCCC1. The summed E-state index contributed by atoms with van der Waals surface area (Å²) in [6.45, 7) is 3.44. The molecule has 0 saturated carbocycles. The number of ether oxygens (including phenoxy) is 1. The molecule has 8 heteroatoms. The highest BCUT2D eigenvalue weighted by Crippen LogP contribution is 2.36. The second kappa shape index (κ2) is 9.36. The third-order valence-electron chi connectivity index (χ3n) is 6.36. The van der Waals surface area contributed by atoms with Gasteiger partial charge in [-0.05, 0) is 49.4 Å². The number of non-ortho nitro benzene ring substituents is 1. The Bertz CT molecular complexity index is 969. The number of benzene rings is 2. The number of rotatable bonds is 6. The fourth-order valence-electron chi connectivity index (χ4n) is 4.55. The van der Waals surface area contributed by atoms with Gasteiger partial charge in [-0.3, -0.25) is 14.9 Å². The highest BCUT2D eigenvalue weighted by atomic mass is 79.9. The molecule has 1 amide bonds. The van der Waals surface area contributed by atoms with Gasteiger partial charge < -0.3 is 15.0 Å². The number of nitrogens with zero attached hydrogens (tertiary/aromatic N) is 2. The number of hydrogen-bond donors (Lipinski definition) is 1. The van der Waals surface area contributed by atoms with Gasteiger partial charge in [0.15, 0.2) is 0 Å². The molecule has 164 valence electrons. The summed E-state index contributed by atoms with van der Waals surface area (Å²) in [5, 5.41) is 14.4. The summed E-state index contributed by atoms with van der Waals surface area (Å²) < 4.78 is 6.59. The maximum atomic E-state index is 13.3. The fourth-order valence-corrected chi connectivity index (χ4v) is 4.95. The van der Waals surface area contributed by atoms with Gasteiger partial charge in [-0.2, -0.15) is 0 Å². The molecular weight excluding hydrogens is 462 g/mol. The summed E-state index contributed by atoms with van der Waals surface area (Å²) >= 11 is 3.55. The van der Waals surface area contributed by atoms with Gasteiger partial charge in [0, 0.05) is 54.9 Å². The lowest BCUT2D eigenvalue weighted by molar-refractivity contribution is -0.384. The monoisotopic (exact) mass is 487 g/mol. The lowest BCUT2D eigenvalue weighted by atomic mass is 9.74. The Morgan fingerprint density at radius 1 is 1.16 bits per heavy atom. The average molecular weight is 488 g/mol. The first kappa shape index (κ1) is 21.8. The van der Waals surface area contributed by atoms with Crippen LogP contribution in [0.15, 0.2) is 46.9 Å². The molecule has 0 unspecified atom stereocenters. The Morgan fingerprint density at radius 3 is 2.58 bits per heavy atom. The number of nitro benzene ring substituents is 1. The van der Waals surface area contributed by atoms with Crippen molar-refractivity contribution in [1.82, 2.24) is 5.32 Å². The predicted molar refractivity (Wildman–Crippen MR) is 123 cm³/mol. The van der Waals surface area contributed by atoms with Crippen LogP contribution in [-0.2, 0) is 10.2 Å². The van der Waals surface area contributed by atoms with Crippen LogP contribution in [0, 0.1) is 10.1 Å². The van der Waals surface area contributed by atoms with E-state index in [4.69, 9.17) is 4.74 Å². The van der Waals surface area contributed by atoms with Gasteiger partial charge >= 0.3 is 0 Å². The van der Waals surface area contributed by atoms with E-state index in [0.29, 0.717) is 25.3 Å². The lowest BCUT2D eigenvalue weighted by Crippen LogP contribution is -2.44. The zero-order valence-corrected chi connectivity index (χ0v) is 18.9. The van der Waals surface area contributed by atoms with Crippen molar-refractivity contribution in [3.05, 3.63) is 68.2 Å². The third-order valence-corrected chi connectivity index (χ3v) is 6.85. The molecule has 2 heterocycles. The van der Waals surface area contributed by atoms with E-state index in [0.717, 1.165) is 54.5 Å². The number of anilines is 1. The smallest absolute Gasteiger partial charge is 0.270 e. The van der Waals surface area contributed by atoms with Crippen molar-refractivity contribution in [2.45, 2.75) is 31.1 Å². The molecular formula is C23H26BrN3O4. The molecule has 0 aromatic heterocycles. The first-order chi connectivity index (χ1) is 15.0. The van der Waals surface area contributed by atoms with Crippen molar-refractivity contribution in [3.63, 3.8) is 0 Å². The summed E-state index contributed by atoms with van der Waals surface area (Å²) in [6, 6.07) is 12.8. The van der Waals surface area contributed by atoms with Crippen LogP contribution in [0.5, 0.6) is 0 Å². The molecule has 2 aromatic carbocycles. The maximum Gasteiger partial charge on any atom is 0.270 e. The molecule has 2 fully saturated rings. The van der Waals surface area contributed by atoms with Gasteiger partial charge in [0.05, 0.1) is 16.2 Å². The lowest BCUT2D eigenvalue weighted by Gasteiger charge is -2.38. The number of halogens is 1. The molecule has 0 bridgehead atoms. The first-order valence-electron chi connectivity index (χ1n) is 10.6. The highest BCUT2D eigenvalue weighted by Gasteiger charge is 2.35. The first-order valence-corrected chi connectivity index (χ1v) is 11.4. The molecule has 31 heavy (non-hydrogen) atoms. The summed E-state index contributed by atoms with van der Waals surface area (Å²) in [5.41, 5.74) is 1.99. The normalized spacial score (nSPS) is 18.0. The van der Waals surface area contributed by atoms with E-state index < -0.39 is 4.92 Å². The number of hydrogen-bond acceptors (Lipinski definition) is 5. The summed E-state index contributed by atoms with van der Waals surface area (Å²) in [4.78, 5) is 26.3. The Kier molecular flexibility index (Phi) is 6.57. The summed E-state index contributed by atoms with van der Waals surface area (Å²) in [6.07, 6.45) is 3.73. The average Bonchev–Trinajstić information content (AvgIpc) is 3.32. The number of amides is 1. The van der Waals surface area contributed by atoms with Crippen LogP contribution in [-0.4, -0.2) is 43.7 Å². The second-order valence-corrected chi connectivity index (χ2v) is 9.15. The van der Waals surface area contributed by atoms with Gasteiger partial charge in [-0.25, -0.2) is 0 Å². The molecule has 2 aliphatic rings. The number of carbonyl (C=O) groups excluding carboxylic acids is 1. The van der Waals surface area contributed by atoms with E-state index in [-0.39, 0.29) is 17.0 Å². The molecule has 0 aliphatic carbocycles. The van der Waals surface area contributed by atoms with E-state index in [2.05, 4.69) is 38.3 Å². The van der Waals surface area contributed by atoms with Crippen molar-refractivity contribution in [2.24, 2.45) is 0 Å². The molecule has 7 nitrogen and oxygen atoms in total. The topological polar surface area (TPSA) is 84.7 Å². The molecule has 0 radical (unpaired) electrons. The largest absolute Gasteiger partial charge is 0.381 e. The Balaban J connectivity index is 1.60. The minimum Gasteiger partial charge on any atom is -0.381 e. The zero-order chi connectivity index (χ0) is 21.8. The van der Waals surface area contributed by atoms with Gasteiger partial charge in [-0.1, -0.05) is 28.1 Å². The minimum atomic E-state index is -0.452. The Morgan fingerprint density at radius 2 is 1.90 bits per heavy atom. The fraction of sp³-hybridized carbons (Fsp3) is 0.435. The van der Waals surface area contributed by atoms with Gasteiger partial charge in [0.25, 0.3) is 11.6 Å². The second-order valence-electron chi connectivity index (χ2n) is 8.24. The van der Waals surface area contributed by atoms with Crippen molar-refractivity contribution in [3.8, 4) is 0 Å². The van der Waals surface area contributed by atoms with Crippen LogP contribution < -0.4 is 10.2 Å². The molecule has 2 aromatic rings. The van der Waals surface area contributed by atoms with E-state index in [1.165, 1.54) is 12.1 Å². The van der Waals surface area contributed by atoms with Crippen LogP contribution in [0.4, 0.5) is 11.4 Å². The molecule has 0 atom stereocenters. The minimum absolute atomic E-state index is 0.0686. The van der Waals surface area contributed by atoms with Crippen LogP contribution >= 0.6 is 15.9 Å². The van der Waals surface area contributed by atoms with E-state index in [1.807, 2.05) is 12.1 Å². The van der Waals surface area contributed by atoms with Crippen LogP contribution in [0.25, 0.3) is 0 Å². The van der Waals surface area contributed by atoms with Gasteiger partial charge in [-0.15, -0.1) is 0 Å². The number of nitro groups is 1. The zero-order valence-electron chi connectivity index (χ0n) is 17.3. The summed E-state index contributed by atoms with van der Waals surface area (Å²) in [7, 11) is 0. The third kappa shape index (κ3) is 4.75. The molecule has 1 N–H and O–H groups in total. The van der Waals surface area contributed by atoms with Crippen LogP contribution in [0.3, 0.4) is 0 Å². The van der Waals surface area contributed by atoms with Crippen LogP contribution in [0.1, 0.15) is 41.6 Å². The number of nitrogens with one attached hydrogen (secondary N) is 1. The molecule has 0 spiro atoms. The quantitative estimate of drug-likeness (QED) is 0.480. The van der Waals surface area contributed by atoms with Crippen molar-refractivity contribution < 1.29 is 14.5 Å². The molecule has 4 rings (SSSR count). The van der Waals surface area contributed by atoms with E-state index in [1.54, 1.807) is 6.07 Å². The van der Waals surface area contributed by atoms with Gasteiger partial charge in [0.1, 0.15) is 0 Å². The Labute approximate surface area is 190 Å². The van der Waals surface area contributed by atoms with E-state index >= 15 is 0 Å². The highest BCUT2D eigenvalue weighted by molar-refractivity contribution is 9.10. The van der Waals surface area contributed by atoms with Crippen LogP contribution in [0.2, 0.25) is 0 Å². The Hall–Kier alpha value is -2.45. The van der Waals surface area contributed by atoms with Crippen molar-refractivity contribution >= 4 is 33.2 Å².